The second-order valence-electron chi connectivity index (χ2n) is 4.11. The zero-order valence-corrected chi connectivity index (χ0v) is 12.2. The number of hydrogen-bond donors (Lipinski definition) is 3. The lowest BCUT2D eigenvalue weighted by molar-refractivity contribution is -0.115. The van der Waals surface area contributed by atoms with Gasteiger partial charge in [0.2, 0.25) is 5.91 Å². The van der Waals surface area contributed by atoms with Gasteiger partial charge in [0.1, 0.15) is 5.76 Å². The Morgan fingerprint density at radius 3 is 2.50 bits per heavy atom. The van der Waals surface area contributed by atoms with E-state index in [0.29, 0.717) is 11.3 Å². The smallest absolute Gasteiger partial charge is 0.269 e. The molecule has 0 fully saturated rings. The number of furan rings is 1. The summed E-state index contributed by atoms with van der Waals surface area (Å²) in [5, 5.41) is 2.37. The average molecular weight is 315 g/mol. The highest BCUT2D eigenvalue weighted by Crippen LogP contribution is 2.01. The molecule has 2 amide bonds. The first-order valence-corrected chi connectivity index (χ1v) is 6.74. The van der Waals surface area contributed by atoms with Crippen molar-refractivity contribution in [1.82, 2.24) is 16.2 Å². The standard InChI is InChI=1S/C15H13N3O3S/c19-13(9-8-12-7-4-10-21-12)16-15(22)18-17-14(20)11-5-2-1-3-6-11/h1-10H,(H,17,20)(H2,16,18,19,22)/b9-8+. The minimum Gasteiger partial charge on any atom is -0.465 e. The lowest BCUT2D eigenvalue weighted by Gasteiger charge is -2.09. The van der Waals surface area contributed by atoms with Crippen LogP contribution in [0.5, 0.6) is 0 Å². The van der Waals surface area contributed by atoms with Gasteiger partial charge in [0, 0.05) is 11.6 Å². The van der Waals surface area contributed by atoms with Crippen LogP contribution < -0.4 is 16.2 Å². The summed E-state index contributed by atoms with van der Waals surface area (Å²) in [6.07, 6.45) is 4.27. The van der Waals surface area contributed by atoms with Crippen LogP contribution in [-0.2, 0) is 4.79 Å². The van der Waals surface area contributed by atoms with Crippen molar-refractivity contribution in [3.05, 3.63) is 66.1 Å². The maximum atomic E-state index is 11.7. The molecule has 1 aromatic carbocycles. The van der Waals surface area contributed by atoms with Crippen LogP contribution in [0.25, 0.3) is 6.08 Å². The molecule has 0 aliphatic rings. The summed E-state index contributed by atoms with van der Waals surface area (Å²) in [5.74, 6) is -0.252. The van der Waals surface area contributed by atoms with Crippen LogP contribution in [0.3, 0.4) is 0 Å². The van der Waals surface area contributed by atoms with Gasteiger partial charge in [-0.25, -0.2) is 0 Å². The molecule has 6 nitrogen and oxygen atoms in total. The van der Waals surface area contributed by atoms with Gasteiger partial charge in [-0.15, -0.1) is 0 Å². The number of hydrazine groups is 1. The van der Waals surface area contributed by atoms with E-state index >= 15 is 0 Å². The number of rotatable bonds is 3. The normalized spacial score (nSPS) is 10.2. The number of thiocarbonyl (C=S) groups is 1. The topological polar surface area (TPSA) is 83.4 Å². The first kappa shape index (κ1) is 15.5. The minimum atomic E-state index is -0.442. The van der Waals surface area contributed by atoms with Gasteiger partial charge >= 0.3 is 0 Å². The second-order valence-corrected chi connectivity index (χ2v) is 4.52. The van der Waals surface area contributed by atoms with Gasteiger partial charge in [-0.1, -0.05) is 18.2 Å². The molecule has 0 aliphatic heterocycles. The van der Waals surface area contributed by atoms with Crippen molar-refractivity contribution in [1.29, 1.82) is 0 Å². The molecular weight excluding hydrogens is 302 g/mol. The summed E-state index contributed by atoms with van der Waals surface area (Å²) in [5.41, 5.74) is 5.31. The molecular formula is C15H13N3O3S. The fourth-order valence-electron chi connectivity index (χ4n) is 1.50. The molecule has 0 saturated carbocycles. The van der Waals surface area contributed by atoms with Gasteiger partial charge in [-0.05, 0) is 42.6 Å². The number of amides is 2. The fourth-order valence-corrected chi connectivity index (χ4v) is 1.66. The summed E-state index contributed by atoms with van der Waals surface area (Å²) < 4.78 is 5.04. The van der Waals surface area contributed by atoms with Gasteiger partial charge in [0.25, 0.3) is 5.91 Å². The van der Waals surface area contributed by atoms with E-state index in [0.717, 1.165) is 0 Å². The molecule has 112 valence electrons. The molecule has 3 N–H and O–H groups in total. The van der Waals surface area contributed by atoms with Crippen LogP contribution in [0, 0.1) is 0 Å². The number of nitrogens with one attached hydrogen (secondary N) is 3. The minimum absolute atomic E-state index is 0.0154. The van der Waals surface area contributed by atoms with Gasteiger partial charge in [-0.2, -0.15) is 0 Å². The third-order valence-electron chi connectivity index (χ3n) is 2.50. The summed E-state index contributed by atoms with van der Waals surface area (Å²) in [7, 11) is 0. The van der Waals surface area contributed by atoms with E-state index in [-0.39, 0.29) is 11.0 Å². The maximum absolute atomic E-state index is 11.7. The van der Waals surface area contributed by atoms with Gasteiger partial charge in [-0.3, -0.25) is 25.8 Å². The zero-order chi connectivity index (χ0) is 15.8. The van der Waals surface area contributed by atoms with E-state index in [1.165, 1.54) is 18.4 Å². The molecule has 1 heterocycles. The molecule has 1 aromatic heterocycles. The summed E-state index contributed by atoms with van der Waals surface area (Å²) in [4.78, 5) is 23.3. The Labute approximate surface area is 132 Å². The number of benzene rings is 1. The molecule has 7 heteroatoms. The number of carbonyl (C=O) groups excluding carboxylic acids is 2. The highest BCUT2D eigenvalue weighted by atomic mass is 32.1. The monoisotopic (exact) mass is 315 g/mol. The second kappa shape index (κ2) is 7.75. The third kappa shape index (κ3) is 4.88. The van der Waals surface area contributed by atoms with Crippen molar-refractivity contribution in [2.75, 3.05) is 0 Å². The summed E-state index contributed by atoms with van der Waals surface area (Å²) in [6, 6.07) is 12.0. The molecule has 0 saturated heterocycles. The molecule has 2 rings (SSSR count). The van der Waals surface area contributed by atoms with Gasteiger partial charge in [0.05, 0.1) is 6.26 Å². The molecule has 0 spiro atoms. The van der Waals surface area contributed by atoms with E-state index in [2.05, 4.69) is 16.2 Å². The van der Waals surface area contributed by atoms with Crippen molar-refractivity contribution in [3.8, 4) is 0 Å². The maximum Gasteiger partial charge on any atom is 0.269 e. The van der Waals surface area contributed by atoms with Crippen LogP contribution in [0.15, 0.2) is 59.2 Å². The molecule has 0 radical (unpaired) electrons. The van der Waals surface area contributed by atoms with Crippen LogP contribution in [0.4, 0.5) is 0 Å². The van der Waals surface area contributed by atoms with Gasteiger partial charge in [0.15, 0.2) is 5.11 Å². The Bertz CT molecular complexity index is 681. The van der Waals surface area contributed by atoms with Crippen LogP contribution in [0.1, 0.15) is 16.1 Å². The molecule has 0 bridgehead atoms. The first-order valence-electron chi connectivity index (χ1n) is 6.33. The average Bonchev–Trinajstić information content (AvgIpc) is 3.05. The molecule has 0 atom stereocenters. The van der Waals surface area contributed by atoms with Crippen LogP contribution in [-0.4, -0.2) is 16.9 Å². The molecule has 22 heavy (non-hydrogen) atoms. The predicted octanol–water partition coefficient (Wildman–Crippen LogP) is 1.63. The Morgan fingerprint density at radius 2 is 1.82 bits per heavy atom. The summed E-state index contributed by atoms with van der Waals surface area (Å²) >= 11 is 4.90. The lowest BCUT2D eigenvalue weighted by atomic mass is 10.2. The third-order valence-corrected chi connectivity index (χ3v) is 2.71. The van der Waals surface area contributed by atoms with Gasteiger partial charge < -0.3 is 4.42 Å². The van der Waals surface area contributed by atoms with E-state index in [1.54, 1.807) is 42.5 Å². The Morgan fingerprint density at radius 1 is 1.05 bits per heavy atom. The predicted molar refractivity (Wildman–Crippen MR) is 85.5 cm³/mol. The largest absolute Gasteiger partial charge is 0.465 e. The molecule has 2 aromatic rings. The Kier molecular flexibility index (Phi) is 5.44. The SMILES string of the molecule is O=C(/C=C/c1ccco1)NC(=S)NNC(=O)c1ccccc1. The van der Waals surface area contributed by atoms with Crippen molar-refractivity contribution in [2.24, 2.45) is 0 Å². The van der Waals surface area contributed by atoms with Crippen molar-refractivity contribution >= 4 is 35.2 Å². The lowest BCUT2D eigenvalue weighted by Crippen LogP contribution is -2.48. The number of carbonyl (C=O) groups is 2. The van der Waals surface area contributed by atoms with E-state index in [4.69, 9.17) is 16.6 Å². The van der Waals surface area contributed by atoms with E-state index < -0.39 is 5.91 Å². The van der Waals surface area contributed by atoms with Crippen LogP contribution in [0.2, 0.25) is 0 Å². The van der Waals surface area contributed by atoms with E-state index in [9.17, 15) is 9.59 Å². The Hall–Kier alpha value is -2.93. The highest BCUT2D eigenvalue weighted by Gasteiger charge is 2.05. The zero-order valence-electron chi connectivity index (χ0n) is 11.4. The fraction of sp³-hybridized carbons (Fsp3) is 0. The molecule has 0 unspecified atom stereocenters. The molecule has 0 aliphatic carbocycles. The first-order chi connectivity index (χ1) is 10.6. The summed E-state index contributed by atoms with van der Waals surface area (Å²) in [6.45, 7) is 0. The number of hydrogen-bond acceptors (Lipinski definition) is 4. The quantitative estimate of drug-likeness (QED) is 0.455. The van der Waals surface area contributed by atoms with E-state index in [1.807, 2.05) is 0 Å². The van der Waals surface area contributed by atoms with Crippen molar-refractivity contribution in [2.45, 2.75) is 0 Å². The highest BCUT2D eigenvalue weighted by molar-refractivity contribution is 7.80. The Balaban J connectivity index is 1.76. The van der Waals surface area contributed by atoms with Crippen molar-refractivity contribution < 1.29 is 14.0 Å². The van der Waals surface area contributed by atoms with Crippen molar-refractivity contribution in [3.63, 3.8) is 0 Å². The van der Waals surface area contributed by atoms with Crippen LogP contribution >= 0.6 is 12.2 Å².